The second-order valence-electron chi connectivity index (χ2n) is 0.105. The van der Waals surface area contributed by atoms with E-state index in [0.717, 1.165) is 0 Å². The Morgan fingerprint density at radius 1 is 1.80 bits per heavy atom. The van der Waals surface area contributed by atoms with Crippen LogP contribution in [-0.4, -0.2) is 49.3 Å². The molecule has 0 bridgehead atoms. The van der Waals surface area contributed by atoms with Gasteiger partial charge in [0.15, 0.2) is 0 Å². The zero-order chi connectivity index (χ0) is 2.71. The smallest absolute Gasteiger partial charge is 1.00 e. The van der Waals surface area contributed by atoms with Gasteiger partial charge in [-0.3, -0.25) is 4.79 Å². The summed E-state index contributed by atoms with van der Waals surface area (Å²) in [5, 5.41) is 6.89. The molecule has 0 aliphatic rings. The Kier molecular flexibility index (Phi) is 54.6. The van der Waals surface area contributed by atoms with Gasteiger partial charge in [0.1, 0.15) is 0 Å². The van der Waals surface area contributed by atoms with E-state index < -0.39 is 0 Å². The van der Waals surface area contributed by atoms with Crippen molar-refractivity contribution >= 4 is 44.2 Å². The first-order chi connectivity index (χ1) is 1.41. The third-order valence-corrected chi connectivity index (χ3v) is 0. The quantitative estimate of drug-likeness (QED) is 0.263. The molecule has 5 heavy (non-hydrogen) atoms. The van der Waals surface area contributed by atoms with E-state index in [1.54, 1.807) is 0 Å². The fraction of sp³-hybridized carbons (Fsp3) is 0. The molecule has 0 saturated heterocycles. The molecule has 4 heteroatoms. The molecule has 0 saturated carbocycles. The molecule has 0 fully saturated rings. The van der Waals surface area contributed by atoms with Crippen LogP contribution >= 0.6 is 0 Å². The second kappa shape index (κ2) is 17.2. The molecule has 0 aromatic carbocycles. The maximum absolute atomic E-state index is 8.36. The average molecular weight is 112 g/mol. The maximum atomic E-state index is 8.36. The summed E-state index contributed by atoms with van der Waals surface area (Å²) in [6.07, 6.45) is 0. The van der Waals surface area contributed by atoms with Crippen molar-refractivity contribution in [3.63, 3.8) is 0 Å². The van der Waals surface area contributed by atoms with Crippen LogP contribution in [0.25, 0.3) is 0 Å². The van der Waals surface area contributed by atoms with Crippen molar-refractivity contribution in [3.8, 4) is 0 Å². The fourth-order valence-corrected chi connectivity index (χ4v) is 0. The Balaban J connectivity index is -0.00000000200. The average Bonchev–Trinajstić information content (AvgIpc) is 0.918. The Labute approximate surface area is 86.7 Å². The van der Waals surface area contributed by atoms with Crippen molar-refractivity contribution in [3.05, 3.63) is 0 Å². The topological polar surface area (TPSA) is 37.3 Å². The summed E-state index contributed by atoms with van der Waals surface area (Å²) in [5.41, 5.74) is 0. The van der Waals surface area contributed by atoms with Crippen molar-refractivity contribution in [2.75, 3.05) is 0 Å². The van der Waals surface area contributed by atoms with Crippen molar-refractivity contribution in [1.82, 2.24) is 0 Å². The Morgan fingerprint density at radius 3 is 1.80 bits per heavy atom. The molecular weight excluding hydrogens is 107 g/mol. The van der Waals surface area contributed by atoms with E-state index in [-0.39, 0.29) is 78.0 Å². The minimum absolute atomic E-state index is 0. The first-order valence-corrected chi connectivity index (χ1v) is 0.494. The normalized spacial score (nSPS) is 2.40. The first kappa shape index (κ1) is 15.9. The van der Waals surface area contributed by atoms with Crippen LogP contribution < -0.4 is 29.6 Å². The van der Waals surface area contributed by atoms with E-state index in [0.29, 0.717) is 0 Å². The minimum Gasteiger partial charge on any atom is -1.00 e. The van der Waals surface area contributed by atoms with Gasteiger partial charge in [-0.2, -0.15) is 0 Å². The second-order valence-corrected chi connectivity index (χ2v) is 0.105. The molecule has 1 N–H and O–H groups in total. The van der Waals surface area contributed by atoms with E-state index >= 15 is 0 Å². The summed E-state index contributed by atoms with van der Waals surface area (Å²) in [6, 6.07) is 0. The Hall–Kier alpha value is 1.73. The van der Waals surface area contributed by atoms with Gasteiger partial charge >= 0.3 is 67.3 Å². The molecule has 0 spiro atoms. The van der Waals surface area contributed by atoms with E-state index in [1.165, 1.54) is 0 Å². The van der Waals surface area contributed by atoms with Gasteiger partial charge in [-0.25, -0.2) is 0 Å². The molecule has 0 heterocycles. The van der Waals surface area contributed by atoms with Gasteiger partial charge in [0.05, 0.1) is 0 Å². The van der Waals surface area contributed by atoms with Crippen LogP contribution in [0.5, 0.6) is 0 Å². The van der Waals surface area contributed by atoms with Crippen molar-refractivity contribution in [1.29, 1.82) is 0 Å². The number of hydrogen-bond acceptors (Lipinski definition) is 1. The van der Waals surface area contributed by atoms with Crippen LogP contribution in [0.1, 0.15) is 4.28 Å². The first-order valence-electron chi connectivity index (χ1n) is 0.494. The molecular formula is CH5CaNaO2. The molecule has 0 aliphatic carbocycles. The molecule has 24 valence electrons. The van der Waals surface area contributed by atoms with E-state index in [1.807, 2.05) is 0 Å². The third-order valence-electron chi connectivity index (χ3n) is 0. The van der Waals surface area contributed by atoms with Gasteiger partial charge in [-0.1, -0.05) is 0 Å². The molecule has 0 atom stereocenters. The zero-order valence-electron chi connectivity index (χ0n) is 6.14. The molecule has 0 aromatic heterocycles. The summed E-state index contributed by atoms with van der Waals surface area (Å²) < 4.78 is 0. The summed E-state index contributed by atoms with van der Waals surface area (Å²) in [4.78, 5) is 8.36. The Bertz CT molecular complexity index is 24.8. The van der Waals surface area contributed by atoms with Crippen molar-refractivity contribution in [2.24, 2.45) is 0 Å². The summed E-state index contributed by atoms with van der Waals surface area (Å²) in [5.74, 6) is 0. The van der Waals surface area contributed by atoms with Gasteiger partial charge in [-0.15, -0.1) is 0 Å². The molecule has 0 aromatic rings. The number of carboxylic acid groups (broad SMARTS) is 1. The third kappa shape index (κ3) is 26.6. The standard InChI is InChI=1S/CH2O2.Ca.Na.3H/c2-1-3;;;;;/h1H,(H,2,3);;;;;/q;+2;+1;3*-1. The molecule has 2 nitrogen and oxygen atoms in total. The van der Waals surface area contributed by atoms with Gasteiger partial charge in [0.25, 0.3) is 6.47 Å². The Morgan fingerprint density at radius 2 is 1.80 bits per heavy atom. The van der Waals surface area contributed by atoms with Crippen LogP contribution in [0.4, 0.5) is 0 Å². The summed E-state index contributed by atoms with van der Waals surface area (Å²) >= 11 is 0. The predicted molar refractivity (Wildman–Crippen MR) is 17.8 cm³/mol. The summed E-state index contributed by atoms with van der Waals surface area (Å²) in [6.45, 7) is -0.250. The molecule has 0 radical (unpaired) electrons. The van der Waals surface area contributed by atoms with E-state index in [4.69, 9.17) is 9.90 Å². The van der Waals surface area contributed by atoms with E-state index in [2.05, 4.69) is 0 Å². The molecule has 0 amide bonds. The zero-order valence-corrected chi connectivity index (χ0v) is 7.35. The maximum Gasteiger partial charge on any atom is 2.00 e. The van der Waals surface area contributed by atoms with Crippen LogP contribution in [0.15, 0.2) is 0 Å². The van der Waals surface area contributed by atoms with E-state index in [9.17, 15) is 0 Å². The number of carbonyl (C=O) groups is 1. The van der Waals surface area contributed by atoms with Crippen LogP contribution in [0, 0.1) is 0 Å². The minimum atomic E-state index is -0.250. The van der Waals surface area contributed by atoms with Gasteiger partial charge in [0.2, 0.25) is 0 Å². The van der Waals surface area contributed by atoms with Gasteiger partial charge < -0.3 is 9.39 Å². The summed E-state index contributed by atoms with van der Waals surface area (Å²) in [7, 11) is 0. The monoisotopic (exact) mass is 112 g/mol. The van der Waals surface area contributed by atoms with Crippen LogP contribution in [-0.2, 0) is 4.79 Å². The molecule has 0 rings (SSSR count). The van der Waals surface area contributed by atoms with Gasteiger partial charge in [0, 0.05) is 0 Å². The van der Waals surface area contributed by atoms with Crippen molar-refractivity contribution < 1.29 is 43.7 Å². The molecule has 0 unspecified atom stereocenters. The molecule has 0 aliphatic heterocycles. The van der Waals surface area contributed by atoms with Crippen LogP contribution in [0.3, 0.4) is 0 Å². The predicted octanol–water partition coefficient (Wildman–Crippen LogP) is -3.34. The van der Waals surface area contributed by atoms with Crippen molar-refractivity contribution in [2.45, 2.75) is 0 Å². The number of hydrogen-bond donors (Lipinski definition) is 1. The van der Waals surface area contributed by atoms with Crippen LogP contribution in [0.2, 0.25) is 0 Å². The fourth-order valence-electron chi connectivity index (χ4n) is 0. The largest absolute Gasteiger partial charge is 2.00 e. The SMILES string of the molecule is O=CO.[Ca+2].[H-].[H-].[H-].[Na+]. The van der Waals surface area contributed by atoms with Gasteiger partial charge in [-0.05, 0) is 0 Å². The number of rotatable bonds is 0.